The first kappa shape index (κ1) is 15.0. The lowest BCUT2D eigenvalue weighted by atomic mass is 10.1. The van der Waals surface area contributed by atoms with Gasteiger partial charge in [-0.05, 0) is 29.8 Å². The van der Waals surface area contributed by atoms with E-state index < -0.39 is 0 Å². The molecule has 23 heavy (non-hydrogen) atoms. The normalized spacial score (nSPS) is 10.5. The average Bonchev–Trinajstić information content (AvgIpc) is 2.61. The van der Waals surface area contributed by atoms with Crippen molar-refractivity contribution in [2.75, 3.05) is 19.0 Å². The molecule has 0 saturated carbocycles. The average molecular weight is 306 g/mol. The van der Waals surface area contributed by atoms with Crippen LogP contribution in [0, 0.1) is 0 Å². The molecule has 3 aromatic rings. The van der Waals surface area contributed by atoms with Gasteiger partial charge in [-0.25, -0.2) is 9.97 Å². The first-order valence-corrected chi connectivity index (χ1v) is 7.41. The van der Waals surface area contributed by atoms with Gasteiger partial charge in [-0.1, -0.05) is 24.3 Å². The molecule has 0 aliphatic carbocycles. The molecule has 0 aliphatic heterocycles. The Labute approximate surface area is 135 Å². The highest BCUT2D eigenvalue weighted by Crippen LogP contribution is 2.22. The second-order valence-electron chi connectivity index (χ2n) is 5.35. The number of fused-ring (bicyclic) bond motifs is 1. The van der Waals surface area contributed by atoms with E-state index in [1.807, 2.05) is 55.6 Å². The van der Waals surface area contributed by atoms with Crippen LogP contribution in [0.1, 0.15) is 15.9 Å². The Balaban J connectivity index is 1.83. The van der Waals surface area contributed by atoms with Crippen molar-refractivity contribution in [3.63, 3.8) is 0 Å². The highest BCUT2D eigenvalue weighted by atomic mass is 16.1. The van der Waals surface area contributed by atoms with Crippen LogP contribution in [0.15, 0.2) is 54.9 Å². The van der Waals surface area contributed by atoms with Gasteiger partial charge in [-0.2, -0.15) is 0 Å². The molecule has 0 fully saturated rings. The monoisotopic (exact) mass is 306 g/mol. The lowest BCUT2D eigenvalue weighted by Crippen LogP contribution is -2.19. The minimum Gasteiger partial charge on any atom is -0.355 e. The van der Waals surface area contributed by atoms with Gasteiger partial charge in [0.15, 0.2) is 0 Å². The van der Waals surface area contributed by atoms with Gasteiger partial charge in [0.1, 0.15) is 12.1 Å². The number of rotatable bonds is 4. The fourth-order valence-electron chi connectivity index (χ4n) is 2.55. The molecule has 1 aromatic heterocycles. The number of para-hydroxylation sites is 1. The maximum atomic E-state index is 11.6. The highest BCUT2D eigenvalue weighted by Gasteiger charge is 2.09. The molecule has 0 saturated heterocycles. The summed E-state index contributed by atoms with van der Waals surface area (Å²) >= 11 is 0. The van der Waals surface area contributed by atoms with Gasteiger partial charge >= 0.3 is 0 Å². The molecule has 3 rings (SSSR count). The zero-order valence-electron chi connectivity index (χ0n) is 13.2. The Kier molecular flexibility index (Phi) is 4.19. The lowest BCUT2D eigenvalue weighted by molar-refractivity contribution is 0.0963. The minimum atomic E-state index is -0.0771. The largest absolute Gasteiger partial charge is 0.355 e. The number of amides is 1. The fraction of sp³-hybridized carbons (Fsp3) is 0.167. The van der Waals surface area contributed by atoms with E-state index in [0.29, 0.717) is 12.1 Å². The van der Waals surface area contributed by atoms with Crippen molar-refractivity contribution in [3.05, 3.63) is 66.0 Å². The number of carbonyl (C=O) groups excluding carboxylic acids is 1. The van der Waals surface area contributed by atoms with Gasteiger partial charge in [0, 0.05) is 31.6 Å². The van der Waals surface area contributed by atoms with Crippen molar-refractivity contribution < 1.29 is 4.79 Å². The van der Waals surface area contributed by atoms with Crippen LogP contribution >= 0.6 is 0 Å². The van der Waals surface area contributed by atoms with Crippen LogP contribution in [0.2, 0.25) is 0 Å². The molecule has 1 amide bonds. The molecule has 0 radical (unpaired) electrons. The van der Waals surface area contributed by atoms with Gasteiger partial charge in [0.05, 0.1) is 5.52 Å². The second-order valence-corrected chi connectivity index (χ2v) is 5.35. The molecule has 1 heterocycles. The summed E-state index contributed by atoms with van der Waals surface area (Å²) in [5, 5.41) is 3.65. The number of nitrogens with zero attached hydrogens (tertiary/aromatic N) is 3. The number of benzene rings is 2. The summed E-state index contributed by atoms with van der Waals surface area (Å²) in [4.78, 5) is 22.4. The topological polar surface area (TPSA) is 58.1 Å². The molecular weight excluding hydrogens is 288 g/mol. The summed E-state index contributed by atoms with van der Waals surface area (Å²) in [5.74, 6) is 0.817. The van der Waals surface area contributed by atoms with E-state index >= 15 is 0 Å². The van der Waals surface area contributed by atoms with E-state index in [-0.39, 0.29) is 5.91 Å². The van der Waals surface area contributed by atoms with Gasteiger partial charge in [-0.3, -0.25) is 4.79 Å². The minimum absolute atomic E-state index is 0.0771. The van der Waals surface area contributed by atoms with Crippen molar-refractivity contribution in [2.45, 2.75) is 6.54 Å². The third-order valence-corrected chi connectivity index (χ3v) is 3.75. The molecule has 0 bridgehead atoms. The molecule has 2 aromatic carbocycles. The number of anilines is 1. The Morgan fingerprint density at radius 3 is 2.57 bits per heavy atom. The van der Waals surface area contributed by atoms with E-state index in [1.165, 1.54) is 0 Å². The molecule has 0 spiro atoms. The molecule has 0 atom stereocenters. The number of aromatic nitrogens is 2. The van der Waals surface area contributed by atoms with Gasteiger partial charge < -0.3 is 10.2 Å². The van der Waals surface area contributed by atoms with Gasteiger partial charge in [0.25, 0.3) is 5.91 Å². The summed E-state index contributed by atoms with van der Waals surface area (Å²) in [5.41, 5.74) is 2.70. The van der Waals surface area contributed by atoms with Crippen molar-refractivity contribution >= 4 is 22.6 Å². The number of carbonyl (C=O) groups is 1. The summed E-state index contributed by atoms with van der Waals surface area (Å²) < 4.78 is 0. The van der Waals surface area contributed by atoms with Crippen LogP contribution in [-0.2, 0) is 6.54 Å². The maximum absolute atomic E-state index is 11.6. The standard InChI is InChI=1S/C18H18N4O/c1-19-18(23)14-9-7-13(8-10-14)11-22(2)17-15-5-3-4-6-16(15)20-12-21-17/h3-10,12H,11H2,1-2H3,(H,19,23). The van der Waals surface area contributed by atoms with E-state index in [0.717, 1.165) is 22.3 Å². The molecule has 116 valence electrons. The molecule has 0 aliphatic rings. The number of hydrogen-bond donors (Lipinski definition) is 1. The molecule has 0 unspecified atom stereocenters. The quantitative estimate of drug-likeness (QED) is 0.805. The van der Waals surface area contributed by atoms with Crippen molar-refractivity contribution in [3.8, 4) is 0 Å². The Morgan fingerprint density at radius 2 is 1.83 bits per heavy atom. The van der Waals surface area contributed by atoms with Gasteiger partial charge in [-0.15, -0.1) is 0 Å². The SMILES string of the molecule is CNC(=O)c1ccc(CN(C)c2ncnc3ccccc23)cc1. The first-order valence-electron chi connectivity index (χ1n) is 7.41. The fourth-order valence-corrected chi connectivity index (χ4v) is 2.55. The van der Waals surface area contributed by atoms with E-state index in [4.69, 9.17) is 0 Å². The van der Waals surface area contributed by atoms with Crippen LogP contribution in [0.5, 0.6) is 0 Å². The van der Waals surface area contributed by atoms with Crippen LogP contribution in [-0.4, -0.2) is 30.0 Å². The summed E-state index contributed by atoms with van der Waals surface area (Å²) in [6.45, 7) is 0.703. The zero-order valence-corrected chi connectivity index (χ0v) is 13.2. The number of hydrogen-bond acceptors (Lipinski definition) is 4. The first-order chi connectivity index (χ1) is 11.2. The third kappa shape index (κ3) is 3.13. The molecular formula is C18H18N4O. The second kappa shape index (κ2) is 6.44. The highest BCUT2D eigenvalue weighted by molar-refractivity contribution is 5.94. The van der Waals surface area contributed by atoms with E-state index in [9.17, 15) is 4.79 Å². The predicted octanol–water partition coefficient (Wildman–Crippen LogP) is 2.63. The molecule has 1 N–H and O–H groups in total. The smallest absolute Gasteiger partial charge is 0.251 e. The lowest BCUT2D eigenvalue weighted by Gasteiger charge is -2.19. The molecule has 5 nitrogen and oxygen atoms in total. The van der Waals surface area contributed by atoms with Crippen LogP contribution < -0.4 is 10.2 Å². The van der Waals surface area contributed by atoms with Crippen molar-refractivity contribution in [2.24, 2.45) is 0 Å². The van der Waals surface area contributed by atoms with Gasteiger partial charge in [0.2, 0.25) is 0 Å². The predicted molar refractivity (Wildman–Crippen MR) is 91.5 cm³/mol. The zero-order chi connectivity index (χ0) is 16.2. The summed E-state index contributed by atoms with van der Waals surface area (Å²) in [6, 6.07) is 15.6. The Hall–Kier alpha value is -2.95. The molecule has 5 heteroatoms. The Morgan fingerprint density at radius 1 is 1.09 bits per heavy atom. The van der Waals surface area contributed by atoms with Crippen LogP contribution in [0.4, 0.5) is 5.82 Å². The number of nitrogens with one attached hydrogen (secondary N) is 1. The van der Waals surface area contributed by atoms with Crippen LogP contribution in [0.3, 0.4) is 0 Å². The third-order valence-electron chi connectivity index (χ3n) is 3.75. The summed E-state index contributed by atoms with van der Waals surface area (Å²) in [6.07, 6.45) is 1.59. The van der Waals surface area contributed by atoms with E-state index in [1.54, 1.807) is 13.4 Å². The summed E-state index contributed by atoms with van der Waals surface area (Å²) in [7, 11) is 3.63. The van der Waals surface area contributed by atoms with Crippen LogP contribution in [0.25, 0.3) is 10.9 Å². The van der Waals surface area contributed by atoms with Crippen molar-refractivity contribution in [1.82, 2.24) is 15.3 Å². The Bertz CT molecular complexity index is 825. The maximum Gasteiger partial charge on any atom is 0.251 e. The van der Waals surface area contributed by atoms with E-state index in [2.05, 4.69) is 20.2 Å². The van der Waals surface area contributed by atoms with Crippen molar-refractivity contribution in [1.29, 1.82) is 0 Å².